The maximum atomic E-state index is 13.1. The first-order valence-electron chi connectivity index (χ1n) is 15.7. The Bertz CT molecular complexity index is 1700. The summed E-state index contributed by atoms with van der Waals surface area (Å²) < 4.78 is 63.5. The van der Waals surface area contributed by atoms with E-state index in [0.717, 1.165) is 58.9 Å². The molecule has 0 aliphatic heterocycles. The molecular formula is C38H39F4N3O2. The molecule has 5 rings (SSSR count). The Kier molecular flexibility index (Phi) is 11.3. The summed E-state index contributed by atoms with van der Waals surface area (Å²) >= 11 is 0. The van der Waals surface area contributed by atoms with Gasteiger partial charge < -0.3 is 14.0 Å². The minimum Gasteiger partial charge on any atom is -0.435 e. The predicted octanol–water partition coefficient (Wildman–Crippen LogP) is 10.0. The summed E-state index contributed by atoms with van der Waals surface area (Å²) in [7, 11) is 0. The van der Waals surface area contributed by atoms with Crippen LogP contribution in [-0.2, 0) is 26.2 Å². The van der Waals surface area contributed by atoms with Gasteiger partial charge in [0.15, 0.2) is 0 Å². The molecule has 0 fully saturated rings. The van der Waals surface area contributed by atoms with Crippen LogP contribution in [0.1, 0.15) is 47.7 Å². The van der Waals surface area contributed by atoms with Crippen LogP contribution in [0, 0.1) is 13.8 Å². The van der Waals surface area contributed by atoms with Crippen LogP contribution in [0.15, 0.2) is 97.1 Å². The van der Waals surface area contributed by atoms with E-state index in [1.807, 2.05) is 48.5 Å². The highest BCUT2D eigenvalue weighted by Gasteiger charge is 2.23. The second-order valence-electron chi connectivity index (χ2n) is 11.6. The molecule has 0 saturated heterocycles. The van der Waals surface area contributed by atoms with E-state index in [9.17, 15) is 17.6 Å². The summed E-state index contributed by atoms with van der Waals surface area (Å²) in [6.45, 7) is 2.13. The second kappa shape index (κ2) is 15.8. The van der Waals surface area contributed by atoms with E-state index in [4.69, 9.17) is 9.72 Å². The van der Waals surface area contributed by atoms with Crippen molar-refractivity contribution >= 4 is 0 Å². The average Bonchev–Trinajstić information content (AvgIpc) is 3.40. The van der Waals surface area contributed by atoms with Crippen molar-refractivity contribution in [3.05, 3.63) is 125 Å². The van der Waals surface area contributed by atoms with Crippen LogP contribution in [0.3, 0.4) is 0 Å². The number of hydrogen-bond donors (Lipinski definition) is 0. The third kappa shape index (κ3) is 8.80. The fraction of sp³-hybridized carbons (Fsp3) is 0.289. The monoisotopic (exact) mass is 645 g/mol. The number of hydrogen-bond acceptors (Lipinski definition) is 4. The molecule has 5 aromatic rings. The van der Waals surface area contributed by atoms with Crippen LogP contribution in [0.2, 0.25) is 0 Å². The van der Waals surface area contributed by atoms with Gasteiger partial charge in [-0.05, 0) is 54.7 Å². The molecule has 0 N–H and O–H groups in total. The molecule has 5 nitrogen and oxygen atoms in total. The standard InChI is InChI=1S/C38H39F4N3O2/c1-4-5-20-45-33(34(30-12-8-6-9-13-30)43-36(45)31-14-10-7-11-15-31)25-44(23-28-16-18-32(19-17-28)46-37(39)40)24-29-21-26(2)35(27(3)22-29)47-38(41)42/h6-19,21-22,37-38H,4-5,20,23-25H2,1-3H3. The van der Waals surface area contributed by atoms with E-state index in [2.05, 4.69) is 45.4 Å². The molecule has 246 valence electrons. The lowest BCUT2D eigenvalue weighted by Gasteiger charge is -2.25. The molecule has 0 aliphatic rings. The van der Waals surface area contributed by atoms with Crippen molar-refractivity contribution in [2.24, 2.45) is 0 Å². The van der Waals surface area contributed by atoms with Crippen molar-refractivity contribution in [3.63, 3.8) is 0 Å². The number of unbranched alkanes of at least 4 members (excludes halogenated alkanes) is 1. The number of aromatic nitrogens is 2. The first kappa shape index (κ1) is 33.7. The van der Waals surface area contributed by atoms with Gasteiger partial charge in [-0.3, -0.25) is 4.90 Å². The maximum absolute atomic E-state index is 13.1. The summed E-state index contributed by atoms with van der Waals surface area (Å²) in [6, 6.07) is 30.6. The Hall–Kier alpha value is -4.63. The molecule has 0 spiro atoms. The first-order valence-corrected chi connectivity index (χ1v) is 15.7. The zero-order valence-electron chi connectivity index (χ0n) is 26.8. The zero-order chi connectivity index (χ0) is 33.3. The van der Waals surface area contributed by atoms with Gasteiger partial charge >= 0.3 is 13.2 Å². The minimum atomic E-state index is -2.91. The number of benzene rings is 4. The average molecular weight is 646 g/mol. The summed E-state index contributed by atoms with van der Waals surface area (Å²) in [6.07, 6.45) is 1.97. The fourth-order valence-electron chi connectivity index (χ4n) is 5.92. The molecule has 47 heavy (non-hydrogen) atoms. The minimum absolute atomic E-state index is 0.0904. The van der Waals surface area contributed by atoms with Gasteiger partial charge in [0.25, 0.3) is 0 Å². The topological polar surface area (TPSA) is 39.5 Å². The number of aryl methyl sites for hydroxylation is 2. The normalized spacial score (nSPS) is 11.5. The van der Waals surface area contributed by atoms with E-state index in [1.165, 1.54) is 0 Å². The third-order valence-electron chi connectivity index (χ3n) is 7.95. The van der Waals surface area contributed by atoms with Gasteiger partial charge in [-0.15, -0.1) is 0 Å². The van der Waals surface area contributed by atoms with Gasteiger partial charge in [-0.25, -0.2) is 4.98 Å². The van der Waals surface area contributed by atoms with Crippen molar-refractivity contribution in [1.82, 2.24) is 14.5 Å². The summed E-state index contributed by atoms with van der Waals surface area (Å²) in [5, 5.41) is 0. The lowest BCUT2D eigenvalue weighted by molar-refractivity contribution is -0.0511. The Morgan fingerprint density at radius 3 is 1.85 bits per heavy atom. The highest BCUT2D eigenvalue weighted by atomic mass is 19.3. The summed E-state index contributed by atoms with van der Waals surface area (Å²) in [4.78, 5) is 7.49. The van der Waals surface area contributed by atoms with Crippen LogP contribution in [0.4, 0.5) is 17.6 Å². The number of nitrogens with zero attached hydrogens (tertiary/aromatic N) is 3. The smallest absolute Gasteiger partial charge is 0.387 e. The van der Waals surface area contributed by atoms with E-state index in [-0.39, 0.29) is 11.5 Å². The van der Waals surface area contributed by atoms with Gasteiger partial charge in [0.05, 0.1) is 11.4 Å². The molecule has 1 aromatic heterocycles. The summed E-state index contributed by atoms with van der Waals surface area (Å²) in [5.74, 6) is 1.16. The number of alkyl halides is 4. The molecule has 0 unspecified atom stereocenters. The van der Waals surface area contributed by atoms with E-state index >= 15 is 0 Å². The lowest BCUT2D eigenvalue weighted by Crippen LogP contribution is -2.25. The Labute approximate surface area is 273 Å². The number of imidazole rings is 1. The highest BCUT2D eigenvalue weighted by molar-refractivity contribution is 5.68. The summed E-state index contributed by atoms with van der Waals surface area (Å²) in [5.41, 5.74) is 7.05. The van der Waals surface area contributed by atoms with Gasteiger partial charge in [0.2, 0.25) is 0 Å². The van der Waals surface area contributed by atoms with E-state index < -0.39 is 13.2 Å². The van der Waals surface area contributed by atoms with Gasteiger partial charge in [-0.1, -0.05) is 98.3 Å². The molecule has 4 aromatic carbocycles. The lowest BCUT2D eigenvalue weighted by atomic mass is 10.0. The number of rotatable bonds is 15. The van der Waals surface area contributed by atoms with Crippen molar-refractivity contribution in [1.29, 1.82) is 0 Å². The van der Waals surface area contributed by atoms with E-state index in [0.29, 0.717) is 30.8 Å². The Morgan fingerprint density at radius 1 is 0.702 bits per heavy atom. The van der Waals surface area contributed by atoms with E-state index in [1.54, 1.807) is 38.1 Å². The van der Waals surface area contributed by atoms with Crippen LogP contribution in [0.25, 0.3) is 22.6 Å². The van der Waals surface area contributed by atoms with Crippen LogP contribution < -0.4 is 9.47 Å². The molecule has 0 radical (unpaired) electrons. The number of ether oxygens (including phenoxy) is 2. The van der Waals surface area contributed by atoms with Crippen molar-refractivity contribution in [3.8, 4) is 34.1 Å². The van der Waals surface area contributed by atoms with Crippen molar-refractivity contribution in [2.75, 3.05) is 0 Å². The third-order valence-corrected chi connectivity index (χ3v) is 7.95. The quantitative estimate of drug-likeness (QED) is 0.106. The second-order valence-corrected chi connectivity index (χ2v) is 11.6. The molecule has 0 amide bonds. The Morgan fingerprint density at radius 2 is 1.28 bits per heavy atom. The van der Waals surface area contributed by atoms with Crippen molar-refractivity contribution in [2.45, 2.75) is 73.0 Å². The van der Waals surface area contributed by atoms with Crippen molar-refractivity contribution < 1.29 is 27.0 Å². The number of halogens is 4. The van der Waals surface area contributed by atoms with Gasteiger partial charge in [0.1, 0.15) is 17.3 Å². The van der Waals surface area contributed by atoms with Gasteiger partial charge in [-0.2, -0.15) is 17.6 Å². The first-order chi connectivity index (χ1) is 22.7. The zero-order valence-corrected chi connectivity index (χ0v) is 26.8. The molecular weight excluding hydrogens is 606 g/mol. The predicted molar refractivity (Wildman–Crippen MR) is 177 cm³/mol. The molecule has 0 bridgehead atoms. The SMILES string of the molecule is CCCCn1c(-c2ccccc2)nc(-c2ccccc2)c1CN(Cc1ccc(OC(F)F)cc1)Cc1cc(C)c(OC(F)F)c(C)c1. The van der Waals surface area contributed by atoms with Crippen LogP contribution in [0.5, 0.6) is 11.5 Å². The van der Waals surface area contributed by atoms with Crippen LogP contribution in [-0.4, -0.2) is 27.7 Å². The molecule has 9 heteroatoms. The Balaban J connectivity index is 1.59. The maximum Gasteiger partial charge on any atom is 0.387 e. The largest absolute Gasteiger partial charge is 0.435 e. The van der Waals surface area contributed by atoms with Crippen LogP contribution >= 0.6 is 0 Å². The molecule has 0 saturated carbocycles. The van der Waals surface area contributed by atoms with Gasteiger partial charge in [0, 0.05) is 37.3 Å². The molecule has 0 atom stereocenters. The molecule has 1 heterocycles. The highest BCUT2D eigenvalue weighted by Crippen LogP contribution is 2.33. The molecule has 0 aliphatic carbocycles. The fourth-order valence-corrected chi connectivity index (χ4v) is 5.92.